The Morgan fingerprint density at radius 3 is 2.86 bits per heavy atom. The van der Waals surface area contributed by atoms with Crippen molar-refractivity contribution in [2.24, 2.45) is 4.99 Å². The Bertz CT molecular complexity index is 728. The Labute approximate surface area is 117 Å². The topological polar surface area (TPSA) is 135 Å². The van der Waals surface area contributed by atoms with Crippen molar-refractivity contribution in [3.8, 4) is 0 Å². The highest BCUT2D eigenvalue weighted by Gasteiger charge is 2.32. The molecular formula is C11H13N5O5. The fraction of sp³-hybridized carbons (Fsp3) is 0.455. The van der Waals surface area contributed by atoms with Gasteiger partial charge in [0.05, 0.1) is 12.5 Å². The molecule has 3 rings (SSSR count). The first-order valence-corrected chi connectivity index (χ1v) is 6.25. The molecule has 2 aromatic heterocycles. The predicted molar refractivity (Wildman–Crippen MR) is 69.9 cm³/mol. The van der Waals surface area contributed by atoms with Crippen LogP contribution in [0.3, 0.4) is 0 Å². The van der Waals surface area contributed by atoms with E-state index in [0.29, 0.717) is 12.2 Å². The van der Waals surface area contributed by atoms with Gasteiger partial charge in [0.25, 0.3) is 5.56 Å². The summed E-state index contributed by atoms with van der Waals surface area (Å²) in [5.41, 5.74) is 0.240. The van der Waals surface area contributed by atoms with Crippen molar-refractivity contribution in [1.82, 2.24) is 19.5 Å². The van der Waals surface area contributed by atoms with Crippen molar-refractivity contribution in [3.63, 3.8) is 0 Å². The zero-order valence-corrected chi connectivity index (χ0v) is 11.0. The van der Waals surface area contributed by atoms with E-state index in [0.717, 1.165) is 0 Å². The minimum Gasteiger partial charge on any atom is -0.364 e. The lowest BCUT2D eigenvalue weighted by Crippen LogP contribution is -2.20. The summed E-state index contributed by atoms with van der Waals surface area (Å²) in [5, 5.41) is 18.3. The number of ether oxygens (including phenoxy) is 2. The van der Waals surface area contributed by atoms with Gasteiger partial charge in [-0.1, -0.05) is 0 Å². The summed E-state index contributed by atoms with van der Waals surface area (Å²) in [7, 11) is 0. The highest BCUT2D eigenvalue weighted by Crippen LogP contribution is 2.15. The van der Waals surface area contributed by atoms with Gasteiger partial charge in [0.1, 0.15) is 0 Å². The smallest absolute Gasteiger partial charge is 0.280 e. The molecule has 0 saturated carbocycles. The van der Waals surface area contributed by atoms with E-state index in [2.05, 4.69) is 19.9 Å². The first kappa shape index (κ1) is 13.8. The van der Waals surface area contributed by atoms with Gasteiger partial charge in [0, 0.05) is 6.54 Å². The number of H-pyrrole nitrogens is 1. The monoisotopic (exact) mass is 295 g/mol. The predicted octanol–water partition coefficient (Wildman–Crippen LogP) is -1.15. The average Bonchev–Trinajstić information content (AvgIpc) is 3.01. The first-order valence-electron chi connectivity index (χ1n) is 6.25. The molecule has 0 radical (unpaired) electrons. The van der Waals surface area contributed by atoms with Crippen LogP contribution in [0.1, 0.15) is 6.92 Å². The van der Waals surface area contributed by atoms with E-state index in [1.165, 1.54) is 12.5 Å². The number of aliphatic imine (C=N–C) groups is 1. The lowest BCUT2D eigenvalue weighted by molar-refractivity contribution is -0.133. The summed E-state index contributed by atoms with van der Waals surface area (Å²) in [6, 6.07) is 0. The summed E-state index contributed by atoms with van der Waals surface area (Å²) in [6.07, 6.45) is -1.19. The van der Waals surface area contributed by atoms with E-state index >= 15 is 0 Å². The molecule has 10 nitrogen and oxygen atoms in total. The molecule has 0 amide bonds. The third-order valence-corrected chi connectivity index (χ3v) is 2.91. The number of aryl methyl sites for hydroxylation is 1. The van der Waals surface area contributed by atoms with Crippen molar-refractivity contribution >= 4 is 23.3 Å². The molecule has 21 heavy (non-hydrogen) atoms. The number of aromatic amines is 1. The van der Waals surface area contributed by atoms with E-state index in [-0.39, 0.29) is 11.5 Å². The van der Waals surface area contributed by atoms with Gasteiger partial charge in [0.15, 0.2) is 11.2 Å². The standard InChI is InChI=1S/C11H13N5O5/c1-2-16-4-13-6-7(16)14-11(15-8(6)17)12-3-5-20-9(18)10(19)21-5/h3-5,9-10,18-19H,2H2,1H3,(H,14,15,17)/b12-3-. The highest BCUT2D eigenvalue weighted by atomic mass is 16.8. The van der Waals surface area contributed by atoms with Crippen LogP contribution in [0.25, 0.3) is 11.2 Å². The van der Waals surface area contributed by atoms with Gasteiger partial charge in [-0.05, 0) is 6.92 Å². The van der Waals surface area contributed by atoms with Crippen molar-refractivity contribution in [1.29, 1.82) is 0 Å². The fourth-order valence-electron chi connectivity index (χ4n) is 1.88. The number of nitrogens with one attached hydrogen (secondary N) is 1. The Balaban J connectivity index is 1.89. The quantitative estimate of drug-likeness (QED) is 0.608. The van der Waals surface area contributed by atoms with Crippen molar-refractivity contribution in [2.45, 2.75) is 32.3 Å². The van der Waals surface area contributed by atoms with Gasteiger partial charge in [-0.2, -0.15) is 4.98 Å². The van der Waals surface area contributed by atoms with Gasteiger partial charge in [0.2, 0.25) is 24.8 Å². The normalized spacial score (nSPS) is 26.1. The number of hydrogen-bond acceptors (Lipinski definition) is 8. The van der Waals surface area contributed by atoms with Crippen LogP contribution in [-0.4, -0.2) is 54.8 Å². The van der Waals surface area contributed by atoms with E-state index in [9.17, 15) is 4.79 Å². The minimum atomic E-state index is -1.43. The van der Waals surface area contributed by atoms with Crippen molar-refractivity contribution < 1.29 is 19.7 Å². The van der Waals surface area contributed by atoms with E-state index in [4.69, 9.17) is 19.7 Å². The maximum absolute atomic E-state index is 11.8. The number of nitrogens with zero attached hydrogens (tertiary/aromatic N) is 4. The molecule has 112 valence electrons. The zero-order valence-electron chi connectivity index (χ0n) is 11.0. The third kappa shape index (κ3) is 2.56. The van der Waals surface area contributed by atoms with E-state index in [1.807, 2.05) is 6.92 Å². The van der Waals surface area contributed by atoms with Crippen LogP contribution in [0.4, 0.5) is 5.95 Å². The number of aliphatic hydroxyl groups excluding tert-OH is 2. The molecule has 3 N–H and O–H groups in total. The zero-order chi connectivity index (χ0) is 15.0. The molecular weight excluding hydrogens is 282 g/mol. The molecule has 10 heteroatoms. The lowest BCUT2D eigenvalue weighted by Gasteiger charge is -2.01. The van der Waals surface area contributed by atoms with Gasteiger partial charge in [-0.25, -0.2) is 9.98 Å². The number of aliphatic hydroxyl groups is 2. The third-order valence-electron chi connectivity index (χ3n) is 2.91. The molecule has 2 aromatic rings. The second-order valence-electron chi connectivity index (χ2n) is 4.29. The molecule has 0 spiro atoms. The molecule has 2 unspecified atom stereocenters. The summed E-state index contributed by atoms with van der Waals surface area (Å²) in [6.45, 7) is 2.51. The average molecular weight is 295 g/mol. The molecule has 1 saturated heterocycles. The number of aromatic nitrogens is 4. The van der Waals surface area contributed by atoms with Crippen molar-refractivity contribution in [3.05, 3.63) is 16.7 Å². The van der Waals surface area contributed by atoms with Gasteiger partial charge in [-0.3, -0.25) is 9.78 Å². The van der Waals surface area contributed by atoms with Crippen LogP contribution < -0.4 is 5.56 Å². The minimum absolute atomic E-state index is 0.0470. The molecule has 1 fully saturated rings. The summed E-state index contributed by atoms with van der Waals surface area (Å²) < 4.78 is 11.4. The Morgan fingerprint density at radius 1 is 1.48 bits per heavy atom. The van der Waals surface area contributed by atoms with E-state index in [1.54, 1.807) is 4.57 Å². The molecule has 0 bridgehead atoms. The molecule has 0 aliphatic carbocycles. The number of fused-ring (bicyclic) bond motifs is 1. The SMILES string of the molecule is CCn1cnc2c(=O)[nH]c(/N=C\C3OC(O)C(O)O3)nc21. The van der Waals surface area contributed by atoms with Gasteiger partial charge >= 0.3 is 0 Å². The number of hydrogen-bond donors (Lipinski definition) is 3. The van der Waals surface area contributed by atoms with Gasteiger partial charge < -0.3 is 24.3 Å². The highest BCUT2D eigenvalue weighted by molar-refractivity contribution is 5.71. The van der Waals surface area contributed by atoms with Crippen LogP contribution in [0.5, 0.6) is 0 Å². The molecule has 2 atom stereocenters. The number of rotatable bonds is 3. The Morgan fingerprint density at radius 2 is 2.19 bits per heavy atom. The summed E-state index contributed by atoms with van der Waals surface area (Å²) in [5.74, 6) is 0.0470. The first-order chi connectivity index (χ1) is 10.1. The van der Waals surface area contributed by atoms with Gasteiger partial charge in [-0.15, -0.1) is 0 Å². The molecule has 1 aliphatic heterocycles. The maximum Gasteiger partial charge on any atom is 0.280 e. The summed E-state index contributed by atoms with van der Waals surface area (Å²) >= 11 is 0. The van der Waals surface area contributed by atoms with Crippen LogP contribution in [0, 0.1) is 0 Å². The van der Waals surface area contributed by atoms with E-state index < -0.39 is 24.4 Å². The van der Waals surface area contributed by atoms with Crippen LogP contribution in [0.15, 0.2) is 16.1 Å². The Kier molecular flexibility index (Phi) is 3.51. The molecule has 3 heterocycles. The van der Waals surface area contributed by atoms with Crippen molar-refractivity contribution in [2.75, 3.05) is 0 Å². The largest absolute Gasteiger partial charge is 0.364 e. The second kappa shape index (κ2) is 5.33. The maximum atomic E-state index is 11.8. The molecule has 1 aliphatic rings. The van der Waals surface area contributed by atoms with Crippen LogP contribution >= 0.6 is 0 Å². The molecule has 0 aromatic carbocycles. The fourth-order valence-corrected chi connectivity index (χ4v) is 1.88. The second-order valence-corrected chi connectivity index (χ2v) is 4.29. The number of imidazole rings is 1. The van der Waals surface area contributed by atoms with Crippen LogP contribution in [0.2, 0.25) is 0 Å². The summed E-state index contributed by atoms with van der Waals surface area (Å²) in [4.78, 5) is 26.4. The lowest BCUT2D eigenvalue weighted by atomic mass is 10.5. The van der Waals surface area contributed by atoms with Crippen LogP contribution in [-0.2, 0) is 16.0 Å². The Hall–Kier alpha value is -2.14.